The van der Waals surface area contributed by atoms with Crippen molar-refractivity contribution in [3.05, 3.63) is 165 Å². The van der Waals surface area contributed by atoms with Gasteiger partial charge in [-0.15, -0.1) is 0 Å². The van der Waals surface area contributed by atoms with E-state index in [1.807, 2.05) is 54.6 Å². The largest absolute Gasteiger partial charge is 0.491 e. The lowest BCUT2D eigenvalue weighted by molar-refractivity contribution is -0.387. The lowest BCUT2D eigenvalue weighted by atomic mass is 10.0. The van der Waals surface area contributed by atoms with Crippen molar-refractivity contribution in [2.45, 2.75) is 36.8 Å². The number of para-hydroxylation sites is 2. The van der Waals surface area contributed by atoms with Crippen molar-refractivity contribution in [2.24, 2.45) is 0 Å². The molecule has 0 radical (unpaired) electrons. The number of aryl methyl sites for hydroxylation is 2. The number of carbonyl (C=O) groups excluding carboxylic acids is 1. The van der Waals surface area contributed by atoms with Crippen LogP contribution in [0.4, 0.5) is 5.69 Å². The highest BCUT2D eigenvalue weighted by atomic mass is 32.2. The number of methoxy groups -OCH3 is 1. The molecule has 11 heteroatoms. The molecule has 1 heterocycles. The number of hydrogen-bond acceptors (Lipinski definition) is 8. The summed E-state index contributed by atoms with van der Waals surface area (Å²) in [5, 5.41) is 11.9. The first-order valence-electron chi connectivity index (χ1n) is 16.2. The molecule has 0 aliphatic carbocycles. The van der Waals surface area contributed by atoms with Gasteiger partial charge in [0, 0.05) is 18.2 Å². The van der Waals surface area contributed by atoms with E-state index >= 15 is 0 Å². The van der Waals surface area contributed by atoms with Gasteiger partial charge in [0.1, 0.15) is 24.7 Å². The second-order valence-electron chi connectivity index (χ2n) is 11.9. The highest BCUT2D eigenvalue weighted by Crippen LogP contribution is 2.41. The van der Waals surface area contributed by atoms with Crippen molar-refractivity contribution >= 4 is 21.7 Å². The third-order valence-corrected chi connectivity index (χ3v) is 10.7. The van der Waals surface area contributed by atoms with Crippen LogP contribution in [0.3, 0.4) is 0 Å². The van der Waals surface area contributed by atoms with E-state index in [0.29, 0.717) is 23.7 Å². The second kappa shape index (κ2) is 15.4. The first-order valence-corrected chi connectivity index (χ1v) is 17.6. The summed E-state index contributed by atoms with van der Waals surface area (Å²) in [4.78, 5) is 22.9. The SMILES string of the molecule is COC(=O)c1ccc2c(c1)OCC2N(CCc1ccccc1OCc1ccc(CCc2ccccc2)cc1)S(=O)(=O)c1ccccc1[N+](=O)[O-]. The molecule has 6 rings (SSSR count). The van der Waals surface area contributed by atoms with E-state index in [-0.39, 0.29) is 25.1 Å². The third kappa shape index (κ3) is 7.69. The van der Waals surface area contributed by atoms with E-state index in [1.165, 1.54) is 52.9 Å². The fraction of sp³-hybridized carbons (Fsp3) is 0.205. The molecule has 0 fully saturated rings. The standard InChI is InChI=1S/C39H36N2O8S/c1-47-39(42)32-21-22-33-35(27-49-37(33)25-32)40(50(45,46)38-14-8-6-12-34(38)41(43)44)24-23-31-11-5-7-13-36(31)48-26-30-19-17-29(18-20-30)16-15-28-9-3-2-4-10-28/h2-14,17-22,25,35H,15-16,23-24,26-27H2,1H3. The molecule has 5 aromatic rings. The molecule has 0 saturated carbocycles. The molecular weight excluding hydrogens is 657 g/mol. The first-order chi connectivity index (χ1) is 24.2. The Hall–Kier alpha value is -5.52. The fourth-order valence-electron chi connectivity index (χ4n) is 6.05. The Kier molecular flexibility index (Phi) is 10.5. The van der Waals surface area contributed by atoms with Gasteiger partial charge in [-0.2, -0.15) is 4.31 Å². The van der Waals surface area contributed by atoms with Gasteiger partial charge < -0.3 is 14.2 Å². The first kappa shape index (κ1) is 34.3. The number of sulfonamides is 1. The average molecular weight is 693 g/mol. The van der Waals surface area contributed by atoms with Crippen molar-refractivity contribution in [1.29, 1.82) is 0 Å². The van der Waals surface area contributed by atoms with E-state index in [4.69, 9.17) is 14.2 Å². The molecule has 1 unspecified atom stereocenters. The molecule has 50 heavy (non-hydrogen) atoms. The monoisotopic (exact) mass is 692 g/mol. The second-order valence-corrected chi connectivity index (χ2v) is 13.7. The minimum absolute atomic E-state index is 0.0307. The predicted octanol–water partition coefficient (Wildman–Crippen LogP) is 7.11. The van der Waals surface area contributed by atoms with Crippen LogP contribution in [0.15, 0.2) is 126 Å². The molecule has 1 aliphatic rings. The number of nitrogens with zero attached hydrogens (tertiary/aromatic N) is 2. The quantitative estimate of drug-likeness (QED) is 0.0685. The van der Waals surface area contributed by atoms with E-state index < -0.39 is 37.5 Å². The lowest BCUT2D eigenvalue weighted by Gasteiger charge is -2.28. The van der Waals surface area contributed by atoms with Gasteiger partial charge in [-0.05, 0) is 65.8 Å². The number of nitro benzene ring substituents is 1. The van der Waals surface area contributed by atoms with Gasteiger partial charge in [0.25, 0.3) is 15.7 Å². The van der Waals surface area contributed by atoms with Crippen molar-refractivity contribution in [3.63, 3.8) is 0 Å². The summed E-state index contributed by atoms with van der Waals surface area (Å²) >= 11 is 0. The summed E-state index contributed by atoms with van der Waals surface area (Å²) in [5.74, 6) is 0.393. The van der Waals surface area contributed by atoms with Crippen LogP contribution < -0.4 is 9.47 Å². The Morgan fingerprint density at radius 2 is 1.50 bits per heavy atom. The molecule has 0 amide bonds. The molecule has 0 saturated heterocycles. The van der Waals surface area contributed by atoms with Gasteiger partial charge in [0.15, 0.2) is 4.90 Å². The maximum absolute atomic E-state index is 14.3. The zero-order valence-corrected chi connectivity index (χ0v) is 28.3. The van der Waals surface area contributed by atoms with Gasteiger partial charge in [0.05, 0.1) is 23.6 Å². The predicted molar refractivity (Wildman–Crippen MR) is 188 cm³/mol. The molecule has 256 valence electrons. The van der Waals surface area contributed by atoms with Crippen LogP contribution in [0.5, 0.6) is 11.5 Å². The van der Waals surface area contributed by atoms with Crippen molar-refractivity contribution in [2.75, 3.05) is 20.3 Å². The lowest BCUT2D eigenvalue weighted by Crippen LogP contribution is -2.37. The number of carbonyl (C=O) groups is 1. The fourth-order valence-corrected chi connectivity index (χ4v) is 7.80. The van der Waals surface area contributed by atoms with Crippen molar-refractivity contribution in [3.8, 4) is 11.5 Å². The van der Waals surface area contributed by atoms with Crippen LogP contribution in [0.2, 0.25) is 0 Å². The van der Waals surface area contributed by atoms with E-state index in [9.17, 15) is 23.3 Å². The number of esters is 1. The van der Waals surface area contributed by atoms with Gasteiger partial charge in [-0.3, -0.25) is 10.1 Å². The smallest absolute Gasteiger partial charge is 0.337 e. The summed E-state index contributed by atoms with van der Waals surface area (Å²) < 4.78 is 46.8. The van der Waals surface area contributed by atoms with Gasteiger partial charge in [0.2, 0.25) is 0 Å². The molecule has 1 atom stereocenters. The van der Waals surface area contributed by atoms with Crippen molar-refractivity contribution in [1.82, 2.24) is 4.31 Å². The van der Waals surface area contributed by atoms with Crippen molar-refractivity contribution < 1.29 is 32.3 Å². The Labute approximate surface area is 291 Å². The molecular formula is C39H36N2O8S. The summed E-state index contributed by atoms with van der Waals surface area (Å²) in [5.41, 5.74) is 4.57. The van der Waals surface area contributed by atoms with Crippen LogP contribution >= 0.6 is 0 Å². The van der Waals surface area contributed by atoms with Crippen LogP contribution in [-0.2, 0) is 40.6 Å². The zero-order valence-electron chi connectivity index (χ0n) is 27.4. The Bertz CT molecular complexity index is 2090. The molecule has 0 bridgehead atoms. The zero-order chi connectivity index (χ0) is 35.1. The van der Waals surface area contributed by atoms with Gasteiger partial charge in [-0.1, -0.05) is 91.0 Å². The summed E-state index contributed by atoms with van der Waals surface area (Å²) in [6, 6.07) is 35.3. The van der Waals surface area contributed by atoms with Crippen LogP contribution in [0.1, 0.15) is 44.2 Å². The third-order valence-electron chi connectivity index (χ3n) is 8.72. The minimum atomic E-state index is -4.42. The summed E-state index contributed by atoms with van der Waals surface area (Å²) in [7, 11) is -3.15. The van der Waals surface area contributed by atoms with E-state index in [1.54, 1.807) is 12.1 Å². The summed E-state index contributed by atoms with van der Waals surface area (Å²) in [6.07, 6.45) is 2.14. The van der Waals surface area contributed by atoms with Gasteiger partial charge >= 0.3 is 5.97 Å². The minimum Gasteiger partial charge on any atom is -0.491 e. The number of ether oxygens (including phenoxy) is 3. The highest BCUT2D eigenvalue weighted by molar-refractivity contribution is 7.89. The maximum Gasteiger partial charge on any atom is 0.337 e. The number of benzene rings is 5. The average Bonchev–Trinajstić information content (AvgIpc) is 3.57. The number of hydrogen-bond donors (Lipinski definition) is 0. The van der Waals surface area contributed by atoms with Crippen LogP contribution in [0.25, 0.3) is 0 Å². The molecule has 5 aromatic carbocycles. The number of fused-ring (bicyclic) bond motifs is 1. The molecule has 0 aromatic heterocycles. The molecule has 0 spiro atoms. The molecule has 10 nitrogen and oxygen atoms in total. The highest BCUT2D eigenvalue weighted by Gasteiger charge is 2.40. The number of rotatable bonds is 14. The Morgan fingerprint density at radius 3 is 2.24 bits per heavy atom. The molecule has 1 aliphatic heterocycles. The topological polar surface area (TPSA) is 125 Å². The van der Waals surface area contributed by atoms with E-state index in [2.05, 4.69) is 24.3 Å². The van der Waals surface area contributed by atoms with Gasteiger partial charge in [-0.25, -0.2) is 13.2 Å². The Balaban J connectivity index is 1.22. The normalized spacial score (nSPS) is 13.8. The van der Waals surface area contributed by atoms with Crippen LogP contribution in [0, 0.1) is 10.1 Å². The molecule has 0 N–H and O–H groups in total. The Morgan fingerprint density at radius 1 is 0.840 bits per heavy atom. The number of nitro groups is 1. The maximum atomic E-state index is 14.3. The van der Waals surface area contributed by atoms with Crippen LogP contribution in [-0.4, -0.2) is 43.9 Å². The summed E-state index contributed by atoms with van der Waals surface area (Å²) in [6.45, 7) is 0.247. The van der Waals surface area contributed by atoms with E-state index in [0.717, 1.165) is 24.0 Å².